The van der Waals surface area contributed by atoms with Crippen molar-refractivity contribution < 1.29 is 20.1 Å². The molecule has 0 aromatic carbocycles. The maximum Gasteiger partial charge on any atom is 0.156 e. The Morgan fingerprint density at radius 2 is 1.71 bits per heavy atom. The number of hydrogen-bond acceptors (Lipinski definition) is 4. The van der Waals surface area contributed by atoms with Crippen LogP contribution in [0.4, 0.5) is 0 Å². The van der Waals surface area contributed by atoms with Crippen LogP contribution in [0.3, 0.4) is 0 Å². The number of terminal acetylenes is 1. The quantitative estimate of drug-likeness (QED) is 0.516. The predicted octanol–water partition coefficient (Wildman–Crippen LogP) is 1.14. The van der Waals surface area contributed by atoms with E-state index in [0.29, 0.717) is 12.7 Å². The van der Waals surface area contributed by atoms with E-state index in [9.17, 15) is 0 Å². The molecule has 0 radical (unpaired) electrons. The molecule has 0 heterocycles. The molecular formula is C13H26O4. The summed E-state index contributed by atoms with van der Waals surface area (Å²) in [7, 11) is 0. The molecule has 0 amide bonds. The van der Waals surface area contributed by atoms with Crippen LogP contribution < -0.4 is 0 Å². The molecule has 3 N–H and O–H groups in total. The Morgan fingerprint density at radius 3 is 2.00 bits per heavy atom. The van der Waals surface area contributed by atoms with Gasteiger partial charge in [0, 0.05) is 0 Å². The van der Waals surface area contributed by atoms with Gasteiger partial charge in [0.15, 0.2) is 5.79 Å². The first-order valence-electron chi connectivity index (χ1n) is 5.83. The summed E-state index contributed by atoms with van der Waals surface area (Å²) in [4.78, 5) is 0. The molecule has 0 bridgehead atoms. The average molecular weight is 246 g/mol. The van der Waals surface area contributed by atoms with Gasteiger partial charge < -0.3 is 20.1 Å². The van der Waals surface area contributed by atoms with E-state index in [2.05, 4.69) is 19.8 Å². The van der Waals surface area contributed by atoms with E-state index in [1.807, 2.05) is 0 Å². The van der Waals surface area contributed by atoms with Crippen molar-refractivity contribution in [1.82, 2.24) is 0 Å². The van der Waals surface area contributed by atoms with Crippen molar-refractivity contribution in [1.29, 1.82) is 0 Å². The van der Waals surface area contributed by atoms with E-state index in [1.165, 1.54) is 33.1 Å². The highest BCUT2D eigenvalue weighted by atomic mass is 16.5. The second-order valence-electron chi connectivity index (χ2n) is 4.63. The molecule has 4 heteroatoms. The fourth-order valence-corrected chi connectivity index (χ4v) is 1.53. The zero-order valence-corrected chi connectivity index (χ0v) is 11.1. The normalized spacial score (nSPS) is 23.1. The lowest BCUT2D eigenvalue weighted by Gasteiger charge is -2.09. The molecule has 0 aliphatic heterocycles. The summed E-state index contributed by atoms with van der Waals surface area (Å²) in [6, 6.07) is 0. The third kappa shape index (κ3) is 18.0. The van der Waals surface area contributed by atoms with Crippen LogP contribution >= 0.6 is 0 Å². The first kappa shape index (κ1) is 18.8. The smallest absolute Gasteiger partial charge is 0.156 e. The van der Waals surface area contributed by atoms with Gasteiger partial charge in [0.25, 0.3) is 0 Å². The SMILES string of the molecule is C#C.CC(C)(O)O.C[C@H]1CC[C@@H](OCCO)C1. The van der Waals surface area contributed by atoms with Crippen LogP contribution in [-0.2, 0) is 4.74 Å². The summed E-state index contributed by atoms with van der Waals surface area (Å²) in [6.45, 7) is 5.52. The molecule has 1 rings (SSSR count). The zero-order valence-electron chi connectivity index (χ0n) is 11.1. The van der Waals surface area contributed by atoms with Gasteiger partial charge in [0.2, 0.25) is 0 Å². The molecule has 102 valence electrons. The van der Waals surface area contributed by atoms with Crippen molar-refractivity contribution >= 4 is 0 Å². The minimum Gasteiger partial charge on any atom is -0.394 e. The third-order valence-corrected chi connectivity index (χ3v) is 2.09. The minimum absolute atomic E-state index is 0.158. The molecule has 4 nitrogen and oxygen atoms in total. The molecule has 0 saturated heterocycles. The Hall–Kier alpha value is -0.600. The Bertz CT molecular complexity index is 178. The van der Waals surface area contributed by atoms with Crippen LogP contribution in [0.5, 0.6) is 0 Å². The summed E-state index contributed by atoms with van der Waals surface area (Å²) in [5, 5.41) is 24.6. The van der Waals surface area contributed by atoms with Gasteiger partial charge in [-0.15, -0.1) is 12.8 Å². The molecule has 0 aromatic rings. The highest BCUT2D eigenvalue weighted by Gasteiger charge is 2.21. The van der Waals surface area contributed by atoms with E-state index in [0.717, 1.165) is 5.92 Å². The highest BCUT2D eigenvalue weighted by molar-refractivity contribution is 4.72. The Kier molecular flexibility index (Phi) is 11.6. The molecule has 2 atom stereocenters. The van der Waals surface area contributed by atoms with E-state index in [1.54, 1.807) is 0 Å². The minimum atomic E-state index is -1.50. The van der Waals surface area contributed by atoms with E-state index in [4.69, 9.17) is 20.1 Å². The van der Waals surface area contributed by atoms with E-state index in [-0.39, 0.29) is 6.61 Å². The van der Waals surface area contributed by atoms with Crippen LogP contribution in [0.25, 0.3) is 0 Å². The lowest BCUT2D eigenvalue weighted by Crippen LogP contribution is -2.15. The number of hydrogen-bond donors (Lipinski definition) is 3. The molecule has 1 aliphatic rings. The second-order valence-corrected chi connectivity index (χ2v) is 4.63. The van der Waals surface area contributed by atoms with Crippen LogP contribution in [0, 0.1) is 18.8 Å². The van der Waals surface area contributed by atoms with Crippen molar-refractivity contribution in [2.24, 2.45) is 5.92 Å². The summed E-state index contributed by atoms with van der Waals surface area (Å²) in [5.74, 6) is -0.677. The summed E-state index contributed by atoms with van der Waals surface area (Å²) >= 11 is 0. The van der Waals surface area contributed by atoms with Crippen LogP contribution in [0.2, 0.25) is 0 Å². The van der Waals surface area contributed by atoms with Gasteiger partial charge >= 0.3 is 0 Å². The molecule has 17 heavy (non-hydrogen) atoms. The first-order valence-corrected chi connectivity index (χ1v) is 5.83. The lowest BCUT2D eigenvalue weighted by atomic mass is 10.1. The largest absolute Gasteiger partial charge is 0.394 e. The molecule has 1 fully saturated rings. The highest BCUT2D eigenvalue weighted by Crippen LogP contribution is 2.26. The van der Waals surface area contributed by atoms with Crippen LogP contribution in [0.15, 0.2) is 0 Å². The van der Waals surface area contributed by atoms with Crippen LogP contribution in [-0.4, -0.2) is 40.4 Å². The van der Waals surface area contributed by atoms with Gasteiger partial charge in [-0.1, -0.05) is 6.92 Å². The summed E-state index contributed by atoms with van der Waals surface area (Å²) in [5.41, 5.74) is 0. The number of ether oxygens (including phenoxy) is 1. The fourth-order valence-electron chi connectivity index (χ4n) is 1.53. The topological polar surface area (TPSA) is 69.9 Å². The zero-order chi connectivity index (χ0) is 13.9. The fraction of sp³-hybridized carbons (Fsp3) is 0.846. The molecule has 0 spiro atoms. The summed E-state index contributed by atoms with van der Waals surface area (Å²) < 4.78 is 5.37. The number of aliphatic hydroxyl groups is 3. The van der Waals surface area contributed by atoms with Gasteiger partial charge in [0.1, 0.15) is 0 Å². The van der Waals surface area contributed by atoms with Gasteiger partial charge in [-0.25, -0.2) is 0 Å². The maximum atomic E-state index is 8.47. The van der Waals surface area contributed by atoms with Gasteiger partial charge in [0.05, 0.1) is 19.3 Å². The monoisotopic (exact) mass is 246 g/mol. The van der Waals surface area contributed by atoms with Crippen molar-refractivity contribution in [2.45, 2.75) is 51.9 Å². The van der Waals surface area contributed by atoms with Gasteiger partial charge in [-0.05, 0) is 39.0 Å². The predicted molar refractivity (Wildman–Crippen MR) is 68.2 cm³/mol. The average Bonchev–Trinajstić information content (AvgIpc) is 2.62. The lowest BCUT2D eigenvalue weighted by molar-refractivity contribution is -0.127. The summed E-state index contributed by atoms with van der Waals surface area (Å²) in [6.07, 6.45) is 12.1. The maximum absolute atomic E-state index is 8.47. The van der Waals surface area contributed by atoms with Crippen molar-refractivity contribution in [3.05, 3.63) is 0 Å². The molecule has 0 unspecified atom stereocenters. The van der Waals surface area contributed by atoms with E-state index < -0.39 is 5.79 Å². The standard InChI is InChI=1S/C8H16O2.C3H8O2.C2H2/c1-7-2-3-8(6-7)10-5-4-9;1-3(2,4)5;1-2/h7-9H,2-6H2,1H3;4-5H,1-2H3;1-2H/t7-,8+;;/m0../s1. The Balaban J connectivity index is 0. The molecule has 1 saturated carbocycles. The second kappa shape index (κ2) is 10.5. The molecule has 1 aliphatic carbocycles. The van der Waals surface area contributed by atoms with Gasteiger partial charge in [-0.2, -0.15) is 0 Å². The molecule has 0 aromatic heterocycles. The first-order chi connectivity index (χ1) is 7.83. The van der Waals surface area contributed by atoms with Crippen LogP contribution in [0.1, 0.15) is 40.0 Å². The third-order valence-electron chi connectivity index (χ3n) is 2.09. The number of rotatable bonds is 3. The van der Waals surface area contributed by atoms with Crippen molar-refractivity contribution in [3.8, 4) is 12.8 Å². The van der Waals surface area contributed by atoms with E-state index >= 15 is 0 Å². The molecular weight excluding hydrogens is 220 g/mol. The Labute approximate surface area is 105 Å². The van der Waals surface area contributed by atoms with Gasteiger partial charge in [-0.3, -0.25) is 0 Å². The number of aliphatic hydroxyl groups excluding tert-OH is 1. The van der Waals surface area contributed by atoms with Crippen molar-refractivity contribution in [3.63, 3.8) is 0 Å². The Morgan fingerprint density at radius 1 is 1.24 bits per heavy atom. The van der Waals surface area contributed by atoms with Crippen molar-refractivity contribution in [2.75, 3.05) is 13.2 Å².